The van der Waals surface area contributed by atoms with Crippen LogP contribution in [0.25, 0.3) is 22.0 Å². The largest absolute Gasteiger partial charge is 0.493 e. The van der Waals surface area contributed by atoms with Crippen molar-refractivity contribution in [1.29, 1.82) is 0 Å². The van der Waals surface area contributed by atoms with E-state index in [1.165, 1.54) is 18.4 Å². The molecule has 0 aliphatic rings. The molecule has 1 N–H and O–H groups in total. The highest BCUT2D eigenvalue weighted by atomic mass is 32.2. The Bertz CT molecular complexity index is 1450. The lowest BCUT2D eigenvalue weighted by molar-refractivity contribution is -0.116. The number of likely N-dealkylation sites (N-methyl/N-ethyl adjacent to an activating group) is 1. The zero-order valence-electron chi connectivity index (χ0n) is 18.8. The van der Waals surface area contributed by atoms with Crippen molar-refractivity contribution in [3.63, 3.8) is 0 Å². The van der Waals surface area contributed by atoms with Gasteiger partial charge < -0.3 is 14.8 Å². The van der Waals surface area contributed by atoms with Crippen LogP contribution < -0.4 is 14.8 Å². The fraction of sp³-hybridized carbons (Fsp3) is 0.167. The molecule has 0 saturated carbocycles. The predicted octanol–water partition coefficient (Wildman–Crippen LogP) is 4.24. The van der Waals surface area contributed by atoms with E-state index in [2.05, 4.69) is 10.3 Å². The smallest absolute Gasteiger partial charge is 0.243 e. The monoisotopic (exact) mass is 497 g/mol. The normalized spacial score (nSPS) is 11.5. The number of anilines is 1. The summed E-state index contributed by atoms with van der Waals surface area (Å²) in [6, 6.07) is 17.8. The molecule has 0 aliphatic carbocycles. The summed E-state index contributed by atoms with van der Waals surface area (Å²) < 4.78 is 37.5. The summed E-state index contributed by atoms with van der Waals surface area (Å²) in [6.07, 6.45) is 0. The first-order valence-electron chi connectivity index (χ1n) is 10.2. The molecule has 0 unspecified atom stereocenters. The van der Waals surface area contributed by atoms with Crippen molar-refractivity contribution in [1.82, 2.24) is 9.29 Å². The number of amides is 1. The first-order chi connectivity index (χ1) is 16.3. The Labute approximate surface area is 201 Å². The molecule has 0 radical (unpaired) electrons. The maximum atomic E-state index is 13.0. The molecule has 10 heteroatoms. The maximum Gasteiger partial charge on any atom is 0.243 e. The van der Waals surface area contributed by atoms with Crippen LogP contribution in [0.5, 0.6) is 11.5 Å². The zero-order valence-corrected chi connectivity index (χ0v) is 20.4. The highest BCUT2D eigenvalue weighted by Crippen LogP contribution is 2.33. The molecule has 0 spiro atoms. The molecule has 3 aromatic carbocycles. The van der Waals surface area contributed by atoms with Crippen LogP contribution in [0.15, 0.2) is 70.9 Å². The molecular weight excluding hydrogens is 474 g/mol. The quantitative estimate of drug-likeness (QED) is 0.391. The van der Waals surface area contributed by atoms with E-state index in [1.54, 1.807) is 49.9 Å². The third kappa shape index (κ3) is 4.89. The van der Waals surface area contributed by atoms with Gasteiger partial charge in [0.1, 0.15) is 0 Å². The average Bonchev–Trinajstić information content (AvgIpc) is 3.31. The lowest BCUT2D eigenvalue weighted by Crippen LogP contribution is -2.34. The number of hydrogen-bond acceptors (Lipinski definition) is 7. The van der Waals surface area contributed by atoms with Crippen LogP contribution in [-0.2, 0) is 14.8 Å². The molecule has 4 aromatic rings. The SMILES string of the molecule is COc1ccc(-c2csc(NC(=O)CN(C)S(=O)(=O)c3ccc4ccccc4c3)n2)cc1OC. The molecule has 1 amide bonds. The molecule has 0 bridgehead atoms. The van der Waals surface area contributed by atoms with Gasteiger partial charge >= 0.3 is 0 Å². The first kappa shape index (κ1) is 23.7. The Morgan fingerprint density at radius 3 is 2.47 bits per heavy atom. The summed E-state index contributed by atoms with van der Waals surface area (Å²) in [5, 5.41) is 6.59. The van der Waals surface area contributed by atoms with Gasteiger partial charge in [-0.15, -0.1) is 11.3 Å². The lowest BCUT2D eigenvalue weighted by Gasteiger charge is -2.16. The van der Waals surface area contributed by atoms with Gasteiger partial charge in [0, 0.05) is 18.0 Å². The second-order valence-electron chi connectivity index (χ2n) is 7.43. The van der Waals surface area contributed by atoms with E-state index in [0.717, 1.165) is 20.6 Å². The summed E-state index contributed by atoms with van der Waals surface area (Å²) in [5.41, 5.74) is 1.45. The van der Waals surface area contributed by atoms with Gasteiger partial charge in [0.05, 0.1) is 31.4 Å². The van der Waals surface area contributed by atoms with E-state index in [0.29, 0.717) is 22.3 Å². The van der Waals surface area contributed by atoms with Crippen LogP contribution in [0.3, 0.4) is 0 Å². The Hall–Kier alpha value is -3.47. The highest BCUT2D eigenvalue weighted by molar-refractivity contribution is 7.89. The van der Waals surface area contributed by atoms with Crippen LogP contribution in [-0.4, -0.2) is 51.4 Å². The molecule has 34 heavy (non-hydrogen) atoms. The fourth-order valence-electron chi connectivity index (χ4n) is 3.41. The molecule has 4 rings (SSSR count). The van der Waals surface area contributed by atoms with E-state index in [1.807, 2.05) is 30.3 Å². The number of aromatic nitrogens is 1. The van der Waals surface area contributed by atoms with Crippen LogP contribution in [0.1, 0.15) is 0 Å². The zero-order chi connectivity index (χ0) is 24.3. The minimum Gasteiger partial charge on any atom is -0.493 e. The number of carbonyl (C=O) groups is 1. The van der Waals surface area contributed by atoms with E-state index in [9.17, 15) is 13.2 Å². The van der Waals surface area contributed by atoms with Gasteiger partial charge in [0.25, 0.3) is 0 Å². The number of hydrogen-bond donors (Lipinski definition) is 1. The second-order valence-corrected chi connectivity index (χ2v) is 10.3. The van der Waals surface area contributed by atoms with Gasteiger partial charge in [0.15, 0.2) is 16.6 Å². The number of benzene rings is 3. The van der Waals surface area contributed by atoms with E-state index >= 15 is 0 Å². The van der Waals surface area contributed by atoms with Crippen LogP contribution in [0, 0.1) is 0 Å². The summed E-state index contributed by atoms with van der Waals surface area (Å²) in [5.74, 6) is 0.685. The van der Waals surface area contributed by atoms with Crippen molar-refractivity contribution in [3.8, 4) is 22.8 Å². The molecule has 176 valence electrons. The number of sulfonamides is 1. The topological polar surface area (TPSA) is 97.8 Å². The molecule has 0 aliphatic heterocycles. The third-order valence-electron chi connectivity index (χ3n) is 5.23. The third-order valence-corrected chi connectivity index (χ3v) is 7.78. The average molecular weight is 498 g/mol. The Morgan fingerprint density at radius 1 is 1.00 bits per heavy atom. The fourth-order valence-corrected chi connectivity index (χ4v) is 5.31. The number of fused-ring (bicyclic) bond motifs is 1. The van der Waals surface area contributed by atoms with Crippen molar-refractivity contribution < 1.29 is 22.7 Å². The molecule has 0 fully saturated rings. The summed E-state index contributed by atoms with van der Waals surface area (Å²) in [4.78, 5) is 17.1. The Kier molecular flexibility index (Phi) is 6.82. The molecule has 8 nitrogen and oxygen atoms in total. The minimum atomic E-state index is -3.84. The van der Waals surface area contributed by atoms with Crippen LogP contribution in [0.4, 0.5) is 5.13 Å². The number of carbonyl (C=O) groups excluding carboxylic acids is 1. The second kappa shape index (κ2) is 9.80. The van der Waals surface area contributed by atoms with E-state index in [4.69, 9.17) is 9.47 Å². The van der Waals surface area contributed by atoms with Crippen molar-refractivity contribution in [2.24, 2.45) is 0 Å². The minimum absolute atomic E-state index is 0.131. The lowest BCUT2D eigenvalue weighted by atomic mass is 10.1. The summed E-state index contributed by atoms with van der Waals surface area (Å²) in [6.45, 7) is -0.347. The Balaban J connectivity index is 1.45. The summed E-state index contributed by atoms with van der Waals surface area (Å²) in [7, 11) is 0.649. The molecule has 0 atom stereocenters. The predicted molar refractivity (Wildman–Crippen MR) is 133 cm³/mol. The van der Waals surface area contributed by atoms with E-state index in [-0.39, 0.29) is 11.4 Å². The summed E-state index contributed by atoms with van der Waals surface area (Å²) >= 11 is 1.25. The van der Waals surface area contributed by atoms with Gasteiger partial charge in [-0.25, -0.2) is 13.4 Å². The van der Waals surface area contributed by atoms with Gasteiger partial charge in [-0.1, -0.05) is 30.3 Å². The van der Waals surface area contributed by atoms with Crippen molar-refractivity contribution in [3.05, 3.63) is 66.0 Å². The Morgan fingerprint density at radius 2 is 1.74 bits per heavy atom. The number of thiazole rings is 1. The van der Waals surface area contributed by atoms with Crippen LogP contribution in [0.2, 0.25) is 0 Å². The number of nitrogens with one attached hydrogen (secondary N) is 1. The number of methoxy groups -OCH3 is 2. The van der Waals surface area contributed by atoms with Gasteiger partial charge in [0.2, 0.25) is 15.9 Å². The van der Waals surface area contributed by atoms with Crippen LogP contribution >= 0.6 is 11.3 Å². The molecule has 1 heterocycles. The molecular formula is C24H23N3O5S2. The van der Waals surface area contributed by atoms with Crippen molar-refractivity contribution in [2.45, 2.75) is 4.90 Å². The van der Waals surface area contributed by atoms with Crippen molar-refractivity contribution in [2.75, 3.05) is 33.1 Å². The van der Waals surface area contributed by atoms with E-state index < -0.39 is 15.9 Å². The number of nitrogens with zero attached hydrogens (tertiary/aromatic N) is 2. The standard InChI is InChI=1S/C24H23N3O5S2/c1-27(34(29,30)19-10-8-16-6-4-5-7-17(16)12-19)14-23(28)26-24-25-20(15-33-24)18-9-11-21(31-2)22(13-18)32-3/h4-13,15H,14H2,1-3H3,(H,25,26,28). The van der Waals surface area contributed by atoms with Gasteiger partial charge in [-0.05, 0) is 41.1 Å². The molecule has 0 saturated heterocycles. The molecule has 1 aromatic heterocycles. The number of rotatable bonds is 8. The van der Waals surface area contributed by atoms with Crippen molar-refractivity contribution >= 4 is 43.2 Å². The first-order valence-corrected chi connectivity index (χ1v) is 12.6. The number of ether oxygens (including phenoxy) is 2. The highest BCUT2D eigenvalue weighted by Gasteiger charge is 2.23. The van der Waals surface area contributed by atoms with Gasteiger partial charge in [-0.2, -0.15) is 4.31 Å². The van der Waals surface area contributed by atoms with Gasteiger partial charge in [-0.3, -0.25) is 4.79 Å². The maximum absolute atomic E-state index is 13.0.